The second kappa shape index (κ2) is 16.8. The van der Waals surface area contributed by atoms with Crippen molar-refractivity contribution in [2.75, 3.05) is 19.8 Å². The van der Waals surface area contributed by atoms with Crippen LogP contribution in [0.1, 0.15) is 52.7 Å². The van der Waals surface area contributed by atoms with Gasteiger partial charge in [-0.05, 0) is 41.5 Å². The molecular weight excluding hydrogens is 374 g/mol. The average molecular weight is 414 g/mol. The van der Waals surface area contributed by atoms with E-state index in [9.17, 15) is 9.59 Å². The lowest BCUT2D eigenvalue weighted by molar-refractivity contribution is -0.138. The molecule has 1 fully saturated rings. The highest BCUT2D eigenvalue weighted by atomic mass is 16.6. The summed E-state index contributed by atoms with van der Waals surface area (Å²) in [5.74, 6) is 0. The van der Waals surface area contributed by atoms with Crippen LogP contribution in [0.5, 0.6) is 0 Å². The third-order valence-electron chi connectivity index (χ3n) is 3.20. The van der Waals surface area contributed by atoms with Gasteiger partial charge < -0.3 is 24.7 Å². The lowest BCUT2D eigenvalue weighted by Crippen LogP contribution is -2.33. The topological polar surface area (TPSA) is 97.1 Å². The standard InChI is InChI=1S/C8H10.C7H13NO4.C5H10O2.C2H6/c1-7-4-3-5-8(2)6-7;1-2-11-5-3-10-4-6(5)12-7(8)9;1-5(2,3)7-4-6;1-2/h3-6H,1-2H3;5-6H,2-4H2,1H3,(H2,8,9);4H,1-3H3;1-2H3. The van der Waals surface area contributed by atoms with E-state index in [0.717, 1.165) is 0 Å². The molecule has 1 heterocycles. The van der Waals surface area contributed by atoms with Crippen LogP contribution in [0.25, 0.3) is 0 Å². The molecular formula is C22H39NO6. The van der Waals surface area contributed by atoms with Gasteiger partial charge in [0.05, 0.1) is 13.2 Å². The van der Waals surface area contributed by atoms with Crippen molar-refractivity contribution in [1.29, 1.82) is 0 Å². The molecule has 2 unspecified atom stereocenters. The first-order chi connectivity index (χ1) is 13.6. The number of primary amides is 1. The Morgan fingerprint density at radius 2 is 1.69 bits per heavy atom. The number of carbonyl (C=O) groups excluding carboxylic acids is 2. The van der Waals surface area contributed by atoms with E-state index in [1.807, 2.05) is 41.5 Å². The first kappa shape index (κ1) is 29.1. The molecule has 1 aliphatic rings. The van der Waals surface area contributed by atoms with E-state index in [0.29, 0.717) is 26.3 Å². The van der Waals surface area contributed by atoms with Crippen LogP contribution < -0.4 is 5.73 Å². The lowest BCUT2D eigenvalue weighted by atomic mass is 10.2. The summed E-state index contributed by atoms with van der Waals surface area (Å²) in [5, 5.41) is 0. The summed E-state index contributed by atoms with van der Waals surface area (Å²) in [6.07, 6.45) is -1.29. The van der Waals surface area contributed by atoms with Crippen molar-refractivity contribution >= 4 is 12.6 Å². The van der Waals surface area contributed by atoms with Gasteiger partial charge in [0.15, 0.2) is 6.10 Å². The first-order valence-corrected chi connectivity index (χ1v) is 9.89. The van der Waals surface area contributed by atoms with Crippen molar-refractivity contribution < 1.29 is 28.5 Å². The van der Waals surface area contributed by atoms with Crippen LogP contribution in [0.15, 0.2) is 24.3 Å². The van der Waals surface area contributed by atoms with E-state index in [-0.39, 0.29) is 17.8 Å². The van der Waals surface area contributed by atoms with Gasteiger partial charge in [0.2, 0.25) is 0 Å². The van der Waals surface area contributed by atoms with E-state index < -0.39 is 6.09 Å². The Morgan fingerprint density at radius 3 is 2.00 bits per heavy atom. The third kappa shape index (κ3) is 17.7. The summed E-state index contributed by atoms with van der Waals surface area (Å²) >= 11 is 0. The van der Waals surface area contributed by atoms with Crippen LogP contribution in [-0.4, -0.2) is 50.2 Å². The highest BCUT2D eigenvalue weighted by Crippen LogP contribution is 2.13. The Hall–Kier alpha value is -2.12. The van der Waals surface area contributed by atoms with Crippen LogP contribution >= 0.6 is 0 Å². The predicted molar refractivity (Wildman–Crippen MR) is 115 cm³/mol. The van der Waals surface area contributed by atoms with Crippen LogP contribution in [0.4, 0.5) is 4.79 Å². The van der Waals surface area contributed by atoms with Gasteiger partial charge in [-0.1, -0.05) is 49.2 Å². The molecule has 0 saturated carbocycles. The minimum Gasteiger partial charge on any atom is -0.462 e. The Kier molecular flexibility index (Phi) is 16.8. The van der Waals surface area contributed by atoms with Crippen LogP contribution in [0.2, 0.25) is 0 Å². The maximum absolute atomic E-state index is 10.4. The van der Waals surface area contributed by atoms with Crippen molar-refractivity contribution in [3.05, 3.63) is 35.4 Å². The van der Waals surface area contributed by atoms with E-state index in [2.05, 4.69) is 42.8 Å². The van der Waals surface area contributed by atoms with E-state index in [1.54, 1.807) is 0 Å². The molecule has 0 radical (unpaired) electrons. The second-order valence-corrected chi connectivity index (χ2v) is 6.99. The molecule has 29 heavy (non-hydrogen) atoms. The summed E-state index contributed by atoms with van der Waals surface area (Å²) < 4.78 is 19.6. The molecule has 2 rings (SSSR count). The molecule has 1 aromatic carbocycles. The van der Waals surface area contributed by atoms with E-state index in [1.165, 1.54) is 11.1 Å². The predicted octanol–water partition coefficient (Wildman–Crippen LogP) is 4.17. The molecule has 0 spiro atoms. The highest BCUT2D eigenvalue weighted by molar-refractivity contribution is 5.64. The molecule has 168 valence electrons. The van der Waals surface area contributed by atoms with Gasteiger partial charge in [-0.2, -0.15) is 0 Å². The minimum atomic E-state index is -0.782. The zero-order valence-corrected chi connectivity index (χ0v) is 19.2. The molecule has 0 aromatic heterocycles. The van der Waals surface area contributed by atoms with Crippen molar-refractivity contribution in [2.24, 2.45) is 5.73 Å². The number of benzene rings is 1. The highest BCUT2D eigenvalue weighted by Gasteiger charge is 2.31. The smallest absolute Gasteiger partial charge is 0.404 e. The van der Waals surface area contributed by atoms with Gasteiger partial charge in [-0.15, -0.1) is 0 Å². The first-order valence-electron chi connectivity index (χ1n) is 9.89. The van der Waals surface area contributed by atoms with Crippen molar-refractivity contribution in [3.63, 3.8) is 0 Å². The number of amides is 1. The number of nitrogens with two attached hydrogens (primary N) is 1. The minimum absolute atomic E-state index is 0.164. The molecule has 1 saturated heterocycles. The quantitative estimate of drug-likeness (QED) is 0.744. The van der Waals surface area contributed by atoms with Gasteiger partial charge in [-0.25, -0.2) is 4.79 Å². The zero-order chi connectivity index (χ0) is 22.9. The number of rotatable bonds is 4. The number of aryl methyl sites for hydroxylation is 2. The third-order valence-corrected chi connectivity index (χ3v) is 3.20. The number of hydrogen-bond acceptors (Lipinski definition) is 6. The summed E-state index contributed by atoms with van der Waals surface area (Å²) in [7, 11) is 0. The number of carbonyl (C=O) groups is 2. The van der Waals surface area contributed by atoms with Gasteiger partial charge >= 0.3 is 6.09 Å². The molecule has 1 aromatic rings. The monoisotopic (exact) mass is 413 g/mol. The molecule has 1 amide bonds. The molecule has 2 atom stereocenters. The summed E-state index contributed by atoms with van der Waals surface area (Å²) in [6.45, 7) is 17.4. The molecule has 7 heteroatoms. The number of ether oxygens (including phenoxy) is 4. The lowest BCUT2D eigenvalue weighted by Gasteiger charge is -2.16. The van der Waals surface area contributed by atoms with Crippen LogP contribution in [0, 0.1) is 13.8 Å². The van der Waals surface area contributed by atoms with Gasteiger partial charge in [0.1, 0.15) is 11.7 Å². The molecule has 7 nitrogen and oxygen atoms in total. The van der Waals surface area contributed by atoms with Crippen molar-refractivity contribution in [3.8, 4) is 0 Å². The van der Waals surface area contributed by atoms with Gasteiger partial charge in [0, 0.05) is 6.61 Å². The SMILES string of the molecule is CC.CC(C)(C)OC=O.CCOC1COCC1OC(N)=O.Cc1cccc(C)c1. The van der Waals surface area contributed by atoms with Gasteiger partial charge in [0.25, 0.3) is 6.47 Å². The molecule has 0 aliphatic carbocycles. The Morgan fingerprint density at radius 1 is 1.17 bits per heavy atom. The van der Waals surface area contributed by atoms with Crippen molar-refractivity contribution in [2.45, 2.75) is 73.2 Å². The summed E-state index contributed by atoms with van der Waals surface area (Å²) in [6, 6.07) is 8.45. The van der Waals surface area contributed by atoms with Crippen LogP contribution in [-0.2, 0) is 23.7 Å². The number of hydrogen-bond donors (Lipinski definition) is 1. The second-order valence-electron chi connectivity index (χ2n) is 6.99. The van der Waals surface area contributed by atoms with E-state index in [4.69, 9.17) is 19.9 Å². The van der Waals surface area contributed by atoms with Crippen LogP contribution in [0.3, 0.4) is 0 Å². The Balaban J connectivity index is 0. The Labute approximate surface area is 175 Å². The fourth-order valence-electron chi connectivity index (χ4n) is 2.09. The average Bonchev–Trinajstić information content (AvgIpc) is 3.03. The summed E-state index contributed by atoms with van der Waals surface area (Å²) in [5.41, 5.74) is 7.22. The molecule has 2 N–H and O–H groups in total. The maximum atomic E-state index is 10.4. The van der Waals surface area contributed by atoms with E-state index >= 15 is 0 Å². The van der Waals surface area contributed by atoms with Crippen molar-refractivity contribution in [1.82, 2.24) is 0 Å². The summed E-state index contributed by atoms with van der Waals surface area (Å²) in [4.78, 5) is 20.0. The van der Waals surface area contributed by atoms with Gasteiger partial charge in [-0.3, -0.25) is 4.79 Å². The Bertz CT molecular complexity index is 539. The largest absolute Gasteiger partial charge is 0.462 e. The molecule has 0 bridgehead atoms. The normalized spacial score (nSPS) is 17.2. The molecule has 1 aliphatic heterocycles. The zero-order valence-electron chi connectivity index (χ0n) is 19.2. The maximum Gasteiger partial charge on any atom is 0.404 e. The fraction of sp³-hybridized carbons (Fsp3) is 0.636. The fourth-order valence-corrected chi connectivity index (χ4v) is 2.09.